The summed E-state index contributed by atoms with van der Waals surface area (Å²) in [7, 11) is -4.42. The largest absolute Gasteiger partial charge is 0.469 e. The standard InChI is InChI=1S/C10H23O7P/c1-2-3-4-5-6-7-8-14-17-15-9-10-16-18(11,12)13/h2-10H2,1H3,(H2,11,12,13). The van der Waals surface area contributed by atoms with E-state index in [1.54, 1.807) is 0 Å². The molecular weight excluding hydrogens is 263 g/mol. The summed E-state index contributed by atoms with van der Waals surface area (Å²) in [6.07, 6.45) is 6.91. The van der Waals surface area contributed by atoms with Gasteiger partial charge < -0.3 is 9.79 Å². The van der Waals surface area contributed by atoms with Crippen LogP contribution in [0.4, 0.5) is 0 Å². The molecule has 0 radical (unpaired) electrons. The number of phosphoric ester groups is 1. The molecule has 0 unspecified atom stereocenters. The Balaban J connectivity index is 3.01. The molecule has 8 heteroatoms. The van der Waals surface area contributed by atoms with Crippen LogP contribution in [0.3, 0.4) is 0 Å². The Morgan fingerprint density at radius 1 is 0.889 bits per heavy atom. The van der Waals surface area contributed by atoms with E-state index in [9.17, 15) is 4.57 Å². The predicted molar refractivity (Wildman–Crippen MR) is 64.4 cm³/mol. The first-order valence-corrected chi connectivity index (χ1v) is 7.70. The average Bonchev–Trinajstić information content (AvgIpc) is 2.29. The van der Waals surface area contributed by atoms with E-state index < -0.39 is 7.82 Å². The van der Waals surface area contributed by atoms with Gasteiger partial charge >= 0.3 is 7.82 Å². The molecule has 0 rings (SSSR count). The molecule has 0 bridgehead atoms. The van der Waals surface area contributed by atoms with Crippen molar-refractivity contribution in [3.8, 4) is 0 Å². The second-order valence-electron chi connectivity index (χ2n) is 3.80. The molecule has 0 spiro atoms. The fraction of sp³-hybridized carbons (Fsp3) is 1.00. The molecule has 0 atom stereocenters. The Morgan fingerprint density at radius 3 is 2.17 bits per heavy atom. The van der Waals surface area contributed by atoms with Crippen molar-refractivity contribution in [2.75, 3.05) is 19.8 Å². The third kappa shape index (κ3) is 16.0. The molecule has 0 aliphatic rings. The van der Waals surface area contributed by atoms with Gasteiger partial charge in [-0.05, 0) is 6.42 Å². The SMILES string of the molecule is CCCCCCCCOOOCCOP(=O)(O)O. The summed E-state index contributed by atoms with van der Waals surface area (Å²) in [5.41, 5.74) is 0. The summed E-state index contributed by atoms with van der Waals surface area (Å²) in [6, 6.07) is 0. The molecule has 0 heterocycles. The van der Waals surface area contributed by atoms with Gasteiger partial charge in [-0.2, -0.15) is 0 Å². The first kappa shape index (κ1) is 18.0. The number of rotatable bonds is 13. The van der Waals surface area contributed by atoms with Gasteiger partial charge in [-0.25, -0.2) is 14.3 Å². The van der Waals surface area contributed by atoms with Crippen LogP contribution in [0, 0.1) is 0 Å². The van der Waals surface area contributed by atoms with E-state index in [0.717, 1.165) is 12.8 Å². The minimum atomic E-state index is -4.42. The zero-order valence-electron chi connectivity index (χ0n) is 10.7. The van der Waals surface area contributed by atoms with Gasteiger partial charge in [0.05, 0.1) is 13.2 Å². The lowest BCUT2D eigenvalue weighted by atomic mass is 10.1. The van der Waals surface area contributed by atoms with Gasteiger partial charge in [-0.1, -0.05) is 44.1 Å². The lowest BCUT2D eigenvalue weighted by molar-refractivity contribution is -0.513. The van der Waals surface area contributed by atoms with Crippen LogP contribution < -0.4 is 0 Å². The molecule has 0 fully saturated rings. The van der Waals surface area contributed by atoms with Crippen LogP contribution in [0.2, 0.25) is 0 Å². The van der Waals surface area contributed by atoms with Gasteiger partial charge in [0.15, 0.2) is 0 Å². The van der Waals surface area contributed by atoms with E-state index >= 15 is 0 Å². The highest BCUT2D eigenvalue weighted by Gasteiger charge is 2.12. The van der Waals surface area contributed by atoms with Gasteiger partial charge in [-0.15, -0.1) is 0 Å². The first-order chi connectivity index (χ1) is 8.56. The second-order valence-corrected chi connectivity index (χ2v) is 5.04. The van der Waals surface area contributed by atoms with E-state index in [-0.39, 0.29) is 13.2 Å². The third-order valence-electron chi connectivity index (χ3n) is 2.10. The lowest BCUT2D eigenvalue weighted by Crippen LogP contribution is -2.05. The van der Waals surface area contributed by atoms with E-state index in [1.807, 2.05) is 0 Å². The van der Waals surface area contributed by atoms with E-state index in [2.05, 4.69) is 21.4 Å². The zero-order chi connectivity index (χ0) is 13.7. The number of hydrogen-bond acceptors (Lipinski definition) is 5. The Hall–Kier alpha value is -0.0100. The topological polar surface area (TPSA) is 94.5 Å². The minimum Gasteiger partial charge on any atom is -0.303 e. The third-order valence-corrected chi connectivity index (χ3v) is 2.62. The smallest absolute Gasteiger partial charge is 0.303 e. The van der Waals surface area contributed by atoms with Crippen molar-refractivity contribution in [3.05, 3.63) is 0 Å². The van der Waals surface area contributed by atoms with Crippen LogP contribution >= 0.6 is 7.82 Å². The fourth-order valence-corrected chi connectivity index (χ4v) is 1.55. The maximum atomic E-state index is 10.3. The van der Waals surface area contributed by atoms with Gasteiger partial charge in [0, 0.05) is 0 Å². The van der Waals surface area contributed by atoms with Crippen LogP contribution in [-0.4, -0.2) is 29.6 Å². The van der Waals surface area contributed by atoms with Gasteiger partial charge in [0.2, 0.25) is 0 Å². The summed E-state index contributed by atoms with van der Waals surface area (Å²) in [5.74, 6) is 0. The molecule has 7 nitrogen and oxygen atoms in total. The van der Waals surface area contributed by atoms with Gasteiger partial charge in [0.25, 0.3) is 0 Å². The van der Waals surface area contributed by atoms with Crippen LogP contribution in [0.15, 0.2) is 0 Å². The molecule has 110 valence electrons. The maximum Gasteiger partial charge on any atom is 0.469 e. The Bertz CT molecular complexity index is 218. The van der Waals surface area contributed by atoms with Crippen molar-refractivity contribution in [2.24, 2.45) is 0 Å². The Kier molecular flexibility index (Phi) is 12.0. The molecule has 0 aliphatic carbocycles. The zero-order valence-corrected chi connectivity index (χ0v) is 11.6. The van der Waals surface area contributed by atoms with E-state index in [4.69, 9.17) is 14.7 Å². The molecule has 2 N–H and O–H groups in total. The van der Waals surface area contributed by atoms with Crippen molar-refractivity contribution in [1.29, 1.82) is 0 Å². The summed E-state index contributed by atoms with van der Waals surface area (Å²) >= 11 is 0. The predicted octanol–water partition coefficient (Wildman–Crippen LogP) is 2.34. The highest BCUT2D eigenvalue weighted by Crippen LogP contribution is 2.35. The van der Waals surface area contributed by atoms with Crippen LogP contribution in [0.1, 0.15) is 45.4 Å². The Labute approximate surface area is 107 Å². The van der Waals surface area contributed by atoms with Crippen LogP contribution in [0.25, 0.3) is 0 Å². The summed E-state index contributed by atoms with van der Waals surface area (Å²) in [5, 5.41) is 4.34. The van der Waals surface area contributed by atoms with Crippen LogP contribution in [-0.2, 0) is 23.9 Å². The molecule has 18 heavy (non-hydrogen) atoms. The van der Waals surface area contributed by atoms with Crippen LogP contribution in [0.5, 0.6) is 0 Å². The summed E-state index contributed by atoms with van der Waals surface area (Å²) < 4.78 is 14.4. The van der Waals surface area contributed by atoms with Crippen molar-refractivity contribution in [2.45, 2.75) is 45.4 Å². The molecule has 0 aromatic rings. The van der Waals surface area contributed by atoms with Gasteiger partial charge in [-0.3, -0.25) is 4.52 Å². The van der Waals surface area contributed by atoms with E-state index in [0.29, 0.717) is 6.61 Å². The Morgan fingerprint density at radius 2 is 1.50 bits per heavy atom. The molecule has 0 amide bonds. The highest BCUT2D eigenvalue weighted by molar-refractivity contribution is 7.46. The first-order valence-electron chi connectivity index (χ1n) is 6.17. The highest BCUT2D eigenvalue weighted by atomic mass is 31.2. The summed E-state index contributed by atoms with van der Waals surface area (Å²) in [4.78, 5) is 25.9. The molecular formula is C10H23O7P. The molecule has 0 saturated carbocycles. The molecule has 0 aromatic carbocycles. The number of hydrogen-bond donors (Lipinski definition) is 2. The average molecular weight is 286 g/mol. The number of unbranched alkanes of at least 4 members (excludes halogenated alkanes) is 5. The van der Waals surface area contributed by atoms with Gasteiger partial charge in [0.1, 0.15) is 6.61 Å². The monoisotopic (exact) mass is 286 g/mol. The van der Waals surface area contributed by atoms with Crippen molar-refractivity contribution < 1.29 is 33.7 Å². The van der Waals surface area contributed by atoms with E-state index in [1.165, 1.54) is 25.7 Å². The second kappa shape index (κ2) is 12.0. The van der Waals surface area contributed by atoms with Crippen molar-refractivity contribution in [1.82, 2.24) is 0 Å². The lowest BCUT2D eigenvalue weighted by Gasteiger charge is -2.05. The minimum absolute atomic E-state index is 0.110. The molecule has 0 aromatic heterocycles. The maximum absolute atomic E-state index is 10.3. The number of phosphoric acid groups is 1. The van der Waals surface area contributed by atoms with Crippen molar-refractivity contribution in [3.63, 3.8) is 0 Å². The summed E-state index contributed by atoms with van der Waals surface area (Å²) in [6.45, 7) is 2.24. The molecule has 0 aliphatic heterocycles. The molecule has 0 saturated heterocycles. The van der Waals surface area contributed by atoms with Crippen molar-refractivity contribution >= 4 is 7.82 Å². The normalized spacial score (nSPS) is 11.9. The quantitative estimate of drug-likeness (QED) is 0.232. The fourth-order valence-electron chi connectivity index (χ4n) is 1.23.